The molecule has 0 N–H and O–H groups in total. The van der Waals surface area contributed by atoms with Gasteiger partial charge in [-0.1, -0.05) is 12.1 Å². The molecule has 0 aliphatic carbocycles. The molecule has 0 bridgehead atoms. The Morgan fingerprint density at radius 2 is 1.91 bits per heavy atom. The van der Waals surface area contributed by atoms with Crippen molar-refractivity contribution in [3.05, 3.63) is 53.6 Å². The molecule has 110 valence electrons. The van der Waals surface area contributed by atoms with Crippen LogP contribution in [-0.2, 0) is 11.2 Å². The summed E-state index contributed by atoms with van der Waals surface area (Å²) in [5.41, 5.74) is 1.59. The molecule has 0 saturated carbocycles. The quantitative estimate of drug-likeness (QED) is 0.641. The van der Waals surface area contributed by atoms with Crippen molar-refractivity contribution in [1.82, 2.24) is 0 Å². The third kappa shape index (κ3) is 3.18. The second kappa shape index (κ2) is 6.19. The van der Waals surface area contributed by atoms with Crippen molar-refractivity contribution < 1.29 is 19.0 Å². The van der Waals surface area contributed by atoms with E-state index in [2.05, 4.69) is 6.07 Å². The first-order chi connectivity index (χ1) is 10.7. The van der Waals surface area contributed by atoms with Crippen LogP contribution >= 0.6 is 0 Å². The second-order valence-electron chi connectivity index (χ2n) is 4.80. The Bertz CT molecular complexity index is 731. The van der Waals surface area contributed by atoms with Gasteiger partial charge >= 0.3 is 5.97 Å². The standard InChI is InChI=1S/C17H13NO4/c18-10-13-3-1-12(2-4-13)5-8-17(19)22-14-6-7-15-16(9-14)21-11-20-15/h1-4,6-7,9H,5,8,11H2. The predicted octanol–water partition coefficient (Wildman–Crippen LogP) is 2.83. The molecule has 5 heteroatoms. The first-order valence-electron chi connectivity index (χ1n) is 6.84. The molecule has 0 unspecified atom stereocenters. The summed E-state index contributed by atoms with van der Waals surface area (Å²) in [7, 11) is 0. The van der Waals surface area contributed by atoms with E-state index in [9.17, 15) is 4.79 Å². The molecule has 0 saturated heterocycles. The van der Waals surface area contributed by atoms with Crippen LogP contribution in [0.25, 0.3) is 0 Å². The number of fused-ring (bicyclic) bond motifs is 1. The normalized spacial score (nSPS) is 11.8. The van der Waals surface area contributed by atoms with Crippen LogP contribution in [0.4, 0.5) is 0 Å². The summed E-state index contributed by atoms with van der Waals surface area (Å²) in [4.78, 5) is 11.9. The van der Waals surface area contributed by atoms with Gasteiger partial charge in [0, 0.05) is 12.5 Å². The van der Waals surface area contributed by atoms with Crippen LogP contribution in [0.1, 0.15) is 17.5 Å². The van der Waals surface area contributed by atoms with Crippen molar-refractivity contribution in [2.45, 2.75) is 12.8 Å². The summed E-state index contributed by atoms with van der Waals surface area (Å²) in [6.07, 6.45) is 0.829. The van der Waals surface area contributed by atoms with Gasteiger partial charge in [0.25, 0.3) is 0 Å². The van der Waals surface area contributed by atoms with E-state index in [1.807, 2.05) is 12.1 Å². The lowest BCUT2D eigenvalue weighted by atomic mass is 10.1. The average Bonchev–Trinajstić information content (AvgIpc) is 3.01. The van der Waals surface area contributed by atoms with E-state index in [4.69, 9.17) is 19.5 Å². The maximum atomic E-state index is 11.9. The highest BCUT2D eigenvalue weighted by Gasteiger charge is 2.15. The number of nitrogens with zero attached hydrogens (tertiary/aromatic N) is 1. The number of nitriles is 1. The number of carbonyl (C=O) groups excluding carboxylic acids is 1. The summed E-state index contributed by atoms with van der Waals surface area (Å²) < 4.78 is 15.7. The zero-order chi connectivity index (χ0) is 15.4. The number of esters is 1. The number of rotatable bonds is 4. The van der Waals surface area contributed by atoms with Crippen molar-refractivity contribution in [2.75, 3.05) is 6.79 Å². The molecule has 5 nitrogen and oxygen atoms in total. The third-order valence-corrected chi connectivity index (χ3v) is 3.28. The maximum absolute atomic E-state index is 11.9. The molecule has 2 aromatic carbocycles. The SMILES string of the molecule is N#Cc1ccc(CCC(=O)Oc2ccc3c(c2)OCO3)cc1. The largest absolute Gasteiger partial charge is 0.454 e. The molecule has 0 radical (unpaired) electrons. The molecular weight excluding hydrogens is 282 g/mol. The van der Waals surface area contributed by atoms with Crippen molar-refractivity contribution in [1.29, 1.82) is 5.26 Å². The summed E-state index contributed by atoms with van der Waals surface area (Å²) in [6.45, 7) is 0.186. The van der Waals surface area contributed by atoms with E-state index >= 15 is 0 Å². The van der Waals surface area contributed by atoms with Crippen LogP contribution in [0.5, 0.6) is 17.2 Å². The lowest BCUT2D eigenvalue weighted by Crippen LogP contribution is -2.09. The highest BCUT2D eigenvalue weighted by Crippen LogP contribution is 2.35. The van der Waals surface area contributed by atoms with Crippen molar-refractivity contribution in [3.63, 3.8) is 0 Å². The minimum Gasteiger partial charge on any atom is -0.454 e. The molecule has 0 amide bonds. The van der Waals surface area contributed by atoms with Gasteiger partial charge in [-0.15, -0.1) is 0 Å². The van der Waals surface area contributed by atoms with Crippen molar-refractivity contribution >= 4 is 5.97 Å². The fourth-order valence-electron chi connectivity index (χ4n) is 2.12. The van der Waals surface area contributed by atoms with Gasteiger partial charge in [0.1, 0.15) is 5.75 Å². The highest BCUT2D eigenvalue weighted by molar-refractivity contribution is 5.73. The number of hydrogen-bond acceptors (Lipinski definition) is 5. The predicted molar refractivity (Wildman–Crippen MR) is 77.7 cm³/mol. The smallest absolute Gasteiger partial charge is 0.311 e. The molecule has 3 rings (SSSR count). The molecule has 0 spiro atoms. The van der Waals surface area contributed by atoms with Crippen LogP contribution in [0.15, 0.2) is 42.5 Å². The number of carbonyl (C=O) groups is 1. The Morgan fingerprint density at radius 3 is 2.68 bits per heavy atom. The number of benzene rings is 2. The fraction of sp³-hybridized carbons (Fsp3) is 0.176. The maximum Gasteiger partial charge on any atom is 0.311 e. The fourth-order valence-corrected chi connectivity index (χ4v) is 2.12. The summed E-state index contributed by atoms with van der Waals surface area (Å²) >= 11 is 0. The van der Waals surface area contributed by atoms with Gasteiger partial charge in [-0.05, 0) is 36.2 Å². The van der Waals surface area contributed by atoms with Crippen molar-refractivity contribution in [3.8, 4) is 23.3 Å². The van der Waals surface area contributed by atoms with Crippen LogP contribution in [0.3, 0.4) is 0 Å². The minimum atomic E-state index is -0.316. The van der Waals surface area contributed by atoms with Crippen LogP contribution in [0.2, 0.25) is 0 Å². The third-order valence-electron chi connectivity index (χ3n) is 3.28. The van der Waals surface area contributed by atoms with E-state index < -0.39 is 0 Å². The summed E-state index contributed by atoms with van der Waals surface area (Å²) in [6, 6.07) is 14.2. The molecule has 2 aromatic rings. The van der Waals surface area contributed by atoms with Crippen LogP contribution in [0, 0.1) is 11.3 Å². The van der Waals surface area contributed by atoms with E-state index in [0.29, 0.717) is 29.2 Å². The van der Waals surface area contributed by atoms with Gasteiger partial charge in [0.05, 0.1) is 11.6 Å². The Kier molecular flexibility index (Phi) is 3.92. The van der Waals surface area contributed by atoms with Gasteiger partial charge in [0.2, 0.25) is 6.79 Å². The Morgan fingerprint density at radius 1 is 1.14 bits per heavy atom. The summed E-state index contributed by atoms with van der Waals surface area (Å²) in [5.74, 6) is 1.35. The Balaban J connectivity index is 1.55. The van der Waals surface area contributed by atoms with Gasteiger partial charge in [-0.3, -0.25) is 4.79 Å². The molecule has 0 atom stereocenters. The topological polar surface area (TPSA) is 68.6 Å². The highest BCUT2D eigenvalue weighted by atomic mass is 16.7. The van der Waals surface area contributed by atoms with Gasteiger partial charge in [0.15, 0.2) is 11.5 Å². The second-order valence-corrected chi connectivity index (χ2v) is 4.80. The monoisotopic (exact) mass is 295 g/mol. The van der Waals surface area contributed by atoms with Gasteiger partial charge in [-0.25, -0.2) is 0 Å². The lowest BCUT2D eigenvalue weighted by Gasteiger charge is -2.05. The Hall–Kier alpha value is -3.00. The zero-order valence-electron chi connectivity index (χ0n) is 11.7. The first-order valence-corrected chi connectivity index (χ1v) is 6.84. The summed E-state index contributed by atoms with van der Waals surface area (Å²) in [5, 5.41) is 8.73. The van der Waals surface area contributed by atoms with Crippen LogP contribution < -0.4 is 14.2 Å². The number of hydrogen-bond donors (Lipinski definition) is 0. The molecular formula is C17H13NO4. The van der Waals surface area contributed by atoms with Crippen molar-refractivity contribution in [2.24, 2.45) is 0 Å². The number of ether oxygens (including phenoxy) is 3. The minimum absolute atomic E-state index is 0.186. The van der Waals surface area contributed by atoms with Crippen LogP contribution in [-0.4, -0.2) is 12.8 Å². The van der Waals surface area contributed by atoms with E-state index in [0.717, 1.165) is 5.56 Å². The molecule has 22 heavy (non-hydrogen) atoms. The van der Waals surface area contributed by atoms with Gasteiger partial charge in [-0.2, -0.15) is 5.26 Å². The average molecular weight is 295 g/mol. The van der Waals surface area contributed by atoms with Gasteiger partial charge < -0.3 is 14.2 Å². The number of aryl methyl sites for hydroxylation is 1. The molecule has 1 heterocycles. The molecule has 1 aliphatic rings. The zero-order valence-corrected chi connectivity index (χ0v) is 11.7. The Labute approximate surface area is 127 Å². The molecule has 1 aliphatic heterocycles. The van der Waals surface area contributed by atoms with E-state index in [1.54, 1.807) is 30.3 Å². The van der Waals surface area contributed by atoms with E-state index in [1.165, 1.54) is 0 Å². The molecule has 0 fully saturated rings. The molecule has 0 aromatic heterocycles. The lowest BCUT2D eigenvalue weighted by molar-refractivity contribution is -0.134. The van der Waals surface area contributed by atoms with E-state index in [-0.39, 0.29) is 19.2 Å². The first kappa shape index (κ1) is 14.0.